The van der Waals surface area contributed by atoms with Gasteiger partial charge in [-0.05, 0) is 37.0 Å². The molecular formula is C22H23F4N3O6S2. The second-order valence-corrected chi connectivity index (χ2v) is 11.1. The van der Waals surface area contributed by atoms with Crippen LogP contribution in [0, 0.1) is 18.7 Å². The van der Waals surface area contributed by atoms with Gasteiger partial charge in [0.05, 0.1) is 6.54 Å². The summed E-state index contributed by atoms with van der Waals surface area (Å²) >= 11 is 0.999. The summed E-state index contributed by atoms with van der Waals surface area (Å²) in [6.45, 7) is 6.11. The molecule has 2 heterocycles. The van der Waals surface area contributed by atoms with Crippen molar-refractivity contribution in [1.29, 1.82) is 0 Å². The van der Waals surface area contributed by atoms with Crippen molar-refractivity contribution in [2.24, 2.45) is 5.92 Å². The minimum absolute atomic E-state index is 0.141. The van der Waals surface area contributed by atoms with Crippen LogP contribution in [0.25, 0.3) is 11.1 Å². The number of nitrogens with zero attached hydrogens (tertiary/aromatic N) is 2. The predicted molar refractivity (Wildman–Crippen MR) is 126 cm³/mol. The van der Waals surface area contributed by atoms with E-state index in [1.165, 1.54) is 6.07 Å². The molecule has 3 N–H and O–H groups in total. The molecule has 37 heavy (non-hydrogen) atoms. The Balaban J connectivity index is 0.000000604. The van der Waals surface area contributed by atoms with E-state index in [0.717, 1.165) is 22.0 Å². The van der Waals surface area contributed by atoms with Gasteiger partial charge in [-0.1, -0.05) is 26.0 Å². The molecule has 1 amide bonds. The van der Waals surface area contributed by atoms with Gasteiger partial charge in [0.25, 0.3) is 10.0 Å². The van der Waals surface area contributed by atoms with Gasteiger partial charge in [0.2, 0.25) is 0 Å². The molecule has 0 unspecified atom stereocenters. The molecule has 0 bridgehead atoms. The Morgan fingerprint density at radius 3 is 2.27 bits per heavy atom. The lowest BCUT2D eigenvalue weighted by Gasteiger charge is -2.09. The van der Waals surface area contributed by atoms with Gasteiger partial charge in [0.15, 0.2) is 0 Å². The molecule has 202 valence electrons. The lowest BCUT2D eigenvalue weighted by atomic mass is 10.0. The fourth-order valence-corrected chi connectivity index (χ4v) is 5.88. The molecule has 0 aliphatic rings. The Morgan fingerprint density at radius 2 is 1.81 bits per heavy atom. The van der Waals surface area contributed by atoms with E-state index in [1.807, 2.05) is 20.8 Å². The van der Waals surface area contributed by atoms with Crippen molar-refractivity contribution in [1.82, 2.24) is 14.3 Å². The molecule has 0 saturated heterocycles. The fourth-order valence-electron chi connectivity index (χ4n) is 3.09. The van der Waals surface area contributed by atoms with Crippen molar-refractivity contribution in [3.63, 3.8) is 0 Å². The highest BCUT2D eigenvalue weighted by Crippen LogP contribution is 2.37. The molecule has 0 spiro atoms. The average Bonchev–Trinajstić information content (AvgIpc) is 3.34. The number of alkyl halides is 3. The molecular weight excluding hydrogens is 542 g/mol. The summed E-state index contributed by atoms with van der Waals surface area (Å²) in [7, 11) is -4.29. The number of thiophene rings is 1. The molecule has 2 aromatic heterocycles. The number of benzene rings is 1. The third-order valence-corrected chi connectivity index (χ3v) is 7.71. The van der Waals surface area contributed by atoms with E-state index >= 15 is 0 Å². The summed E-state index contributed by atoms with van der Waals surface area (Å²) in [6.07, 6.45) is -2.74. The molecule has 0 radical (unpaired) electrons. The van der Waals surface area contributed by atoms with E-state index < -0.39 is 34.1 Å². The van der Waals surface area contributed by atoms with Gasteiger partial charge in [-0.2, -0.15) is 13.2 Å². The van der Waals surface area contributed by atoms with Gasteiger partial charge < -0.3 is 14.8 Å². The number of aryl methyl sites for hydroxylation is 1. The number of imidazole rings is 1. The van der Waals surface area contributed by atoms with E-state index in [1.54, 1.807) is 39.9 Å². The van der Waals surface area contributed by atoms with Crippen molar-refractivity contribution in [3.05, 3.63) is 58.7 Å². The average molecular weight is 566 g/mol. The van der Waals surface area contributed by atoms with Crippen molar-refractivity contribution >= 4 is 33.4 Å². The lowest BCUT2D eigenvalue weighted by molar-refractivity contribution is -0.192. The second-order valence-electron chi connectivity index (χ2n) is 8.13. The number of hydrogen-bond donors (Lipinski definition) is 3. The number of carboxylic acid groups (broad SMARTS) is 2. The summed E-state index contributed by atoms with van der Waals surface area (Å²) in [5, 5.41) is 16.0. The van der Waals surface area contributed by atoms with Crippen LogP contribution in [0.1, 0.15) is 30.1 Å². The third-order valence-electron chi connectivity index (χ3n) is 4.70. The van der Waals surface area contributed by atoms with Crippen molar-refractivity contribution in [3.8, 4) is 11.1 Å². The van der Waals surface area contributed by atoms with E-state index in [2.05, 4.69) is 4.98 Å². The van der Waals surface area contributed by atoms with Gasteiger partial charge in [-0.25, -0.2) is 32.1 Å². The smallest absolute Gasteiger partial charge is 0.475 e. The molecule has 1 aromatic carbocycles. The largest absolute Gasteiger partial charge is 0.490 e. The topological polar surface area (TPSA) is 139 Å². The van der Waals surface area contributed by atoms with Crippen LogP contribution in [0.5, 0.6) is 0 Å². The number of rotatable bonds is 7. The van der Waals surface area contributed by atoms with Gasteiger partial charge >= 0.3 is 18.2 Å². The number of sulfonamides is 1. The standard InChI is InChI=1S/C20H22FN3O4S2.C2HF3O2/c1-12(2)8-16-10-17(19(29-16)30(27,28)23-20(25)26)14-4-5-15(18(21)9-14)11-24-7-6-22-13(24)3;3-2(4,5)1(6)7/h4-7,9-10,12,23H,8,11H2,1-3H3,(H,25,26);(H,6,7). The number of halogens is 4. The Kier molecular flexibility index (Phi) is 9.43. The van der Waals surface area contributed by atoms with Gasteiger partial charge in [0.1, 0.15) is 15.9 Å². The van der Waals surface area contributed by atoms with Crippen LogP contribution in [-0.2, 0) is 27.8 Å². The summed E-state index contributed by atoms with van der Waals surface area (Å²) in [5.41, 5.74) is 1.09. The third kappa shape index (κ3) is 8.28. The molecule has 15 heteroatoms. The molecule has 0 saturated carbocycles. The van der Waals surface area contributed by atoms with Gasteiger partial charge in [-0.15, -0.1) is 11.3 Å². The highest BCUT2D eigenvalue weighted by atomic mass is 32.2. The number of carbonyl (C=O) groups is 2. The van der Waals surface area contributed by atoms with Crippen LogP contribution >= 0.6 is 11.3 Å². The minimum Gasteiger partial charge on any atom is -0.475 e. The van der Waals surface area contributed by atoms with Crippen LogP contribution in [-0.4, -0.2) is 46.4 Å². The predicted octanol–water partition coefficient (Wildman–Crippen LogP) is 4.90. The zero-order chi connectivity index (χ0) is 28.1. The van der Waals surface area contributed by atoms with E-state index in [-0.39, 0.29) is 15.7 Å². The fraction of sp³-hybridized carbons (Fsp3) is 0.318. The molecule has 0 aliphatic carbocycles. The number of amides is 1. The molecule has 0 fully saturated rings. The first-order chi connectivity index (χ1) is 17.0. The zero-order valence-electron chi connectivity index (χ0n) is 19.7. The molecule has 0 atom stereocenters. The first-order valence-electron chi connectivity index (χ1n) is 10.5. The van der Waals surface area contributed by atoms with E-state index in [4.69, 9.17) is 15.0 Å². The number of aromatic nitrogens is 2. The van der Waals surface area contributed by atoms with Crippen molar-refractivity contribution in [2.45, 2.75) is 44.1 Å². The van der Waals surface area contributed by atoms with Crippen LogP contribution < -0.4 is 4.72 Å². The monoisotopic (exact) mass is 565 g/mol. The van der Waals surface area contributed by atoms with Crippen LogP contribution in [0.15, 0.2) is 40.9 Å². The second kappa shape index (κ2) is 11.7. The number of nitrogens with one attached hydrogen (secondary N) is 1. The maximum absolute atomic E-state index is 14.8. The number of aliphatic carboxylic acids is 1. The van der Waals surface area contributed by atoms with Crippen LogP contribution in [0.2, 0.25) is 0 Å². The van der Waals surface area contributed by atoms with Gasteiger partial charge in [0, 0.05) is 28.4 Å². The quantitative estimate of drug-likeness (QED) is 0.347. The van der Waals surface area contributed by atoms with E-state index in [0.29, 0.717) is 24.1 Å². The molecule has 3 aromatic rings. The number of hydrogen-bond acceptors (Lipinski definition) is 6. The Labute approximate surface area is 213 Å². The first-order valence-corrected chi connectivity index (χ1v) is 12.8. The first kappa shape index (κ1) is 29.8. The minimum atomic E-state index is -5.08. The molecule has 9 nitrogen and oxygen atoms in total. The van der Waals surface area contributed by atoms with Crippen molar-refractivity contribution < 1.29 is 45.8 Å². The summed E-state index contributed by atoms with van der Waals surface area (Å²) in [6, 6.07) is 6.22. The number of carboxylic acids is 1. The van der Waals surface area contributed by atoms with Crippen LogP contribution in [0.3, 0.4) is 0 Å². The van der Waals surface area contributed by atoms with Gasteiger partial charge in [-0.3, -0.25) is 0 Å². The lowest BCUT2D eigenvalue weighted by Crippen LogP contribution is -2.28. The maximum Gasteiger partial charge on any atom is 0.490 e. The molecule has 3 rings (SSSR count). The Hall–Kier alpha value is -3.46. The van der Waals surface area contributed by atoms with Crippen molar-refractivity contribution in [2.75, 3.05) is 0 Å². The highest BCUT2D eigenvalue weighted by molar-refractivity contribution is 7.92. The highest BCUT2D eigenvalue weighted by Gasteiger charge is 2.38. The Bertz CT molecular complexity index is 1380. The normalized spacial score (nSPS) is 11.7. The molecule has 0 aliphatic heterocycles. The zero-order valence-corrected chi connectivity index (χ0v) is 21.3. The summed E-state index contributed by atoms with van der Waals surface area (Å²) < 4.78 is 74.9. The maximum atomic E-state index is 14.8. The summed E-state index contributed by atoms with van der Waals surface area (Å²) in [4.78, 5) is 24.7. The summed E-state index contributed by atoms with van der Waals surface area (Å²) in [5.74, 6) is -2.21. The van der Waals surface area contributed by atoms with E-state index in [9.17, 15) is 30.8 Å². The van der Waals surface area contributed by atoms with Crippen LogP contribution in [0.4, 0.5) is 22.4 Å². The SMILES string of the molecule is Cc1nccn1Cc1ccc(-c2cc(CC(C)C)sc2S(=O)(=O)NC(=O)O)cc1F.O=C(O)C(F)(F)F. The Morgan fingerprint density at radius 1 is 1.19 bits per heavy atom.